The monoisotopic (exact) mass is 321 g/mol. The molecule has 1 aromatic heterocycles. The summed E-state index contributed by atoms with van der Waals surface area (Å²) >= 11 is 0. The van der Waals surface area contributed by atoms with Gasteiger partial charge in [-0.15, -0.1) is 0 Å². The summed E-state index contributed by atoms with van der Waals surface area (Å²) in [4.78, 5) is 32.1. The molecule has 0 unspecified atom stereocenters. The normalized spacial score (nSPS) is 10.8. The first kappa shape index (κ1) is 15.9. The predicted molar refractivity (Wildman–Crippen MR) is 95.2 cm³/mol. The minimum Gasteiger partial charge on any atom is -0.324 e. The van der Waals surface area contributed by atoms with Gasteiger partial charge in [-0.05, 0) is 26.0 Å². The van der Waals surface area contributed by atoms with E-state index in [2.05, 4.69) is 4.98 Å². The Kier molecular flexibility index (Phi) is 4.42. The summed E-state index contributed by atoms with van der Waals surface area (Å²) in [6.45, 7) is 4.85. The van der Waals surface area contributed by atoms with Crippen molar-refractivity contribution in [2.24, 2.45) is 0 Å². The number of nitrogens with zero attached hydrogens (tertiary/aromatic N) is 3. The van der Waals surface area contributed by atoms with Gasteiger partial charge in [0.2, 0.25) is 0 Å². The van der Waals surface area contributed by atoms with E-state index in [1.165, 1.54) is 4.57 Å². The van der Waals surface area contributed by atoms with Gasteiger partial charge in [0.25, 0.3) is 5.56 Å². The number of amides is 1. The van der Waals surface area contributed by atoms with Crippen LogP contribution in [0.2, 0.25) is 0 Å². The van der Waals surface area contributed by atoms with Crippen LogP contribution in [0.25, 0.3) is 22.3 Å². The fraction of sp³-hybridized carbons (Fsp3) is 0.211. The number of fused-ring (bicyclic) bond motifs is 1. The highest BCUT2D eigenvalue weighted by Gasteiger charge is 2.21. The molecule has 0 N–H and O–H groups in total. The van der Waals surface area contributed by atoms with Gasteiger partial charge in [0.05, 0.1) is 10.9 Å². The third-order valence-electron chi connectivity index (χ3n) is 4.03. The molecule has 0 aliphatic heterocycles. The van der Waals surface area contributed by atoms with Crippen LogP contribution in [-0.4, -0.2) is 33.6 Å². The highest BCUT2D eigenvalue weighted by Crippen LogP contribution is 2.19. The molecule has 122 valence electrons. The van der Waals surface area contributed by atoms with E-state index >= 15 is 0 Å². The highest BCUT2D eigenvalue weighted by atomic mass is 16.2. The van der Waals surface area contributed by atoms with Gasteiger partial charge in [-0.1, -0.05) is 42.5 Å². The number of hydrogen-bond acceptors (Lipinski definition) is 3. The molecule has 0 spiro atoms. The van der Waals surface area contributed by atoms with Crippen LogP contribution < -0.4 is 5.56 Å². The number of benzene rings is 2. The molecule has 0 saturated carbocycles. The van der Waals surface area contributed by atoms with Gasteiger partial charge in [0.1, 0.15) is 0 Å². The van der Waals surface area contributed by atoms with Gasteiger partial charge in [0.15, 0.2) is 5.82 Å². The Bertz CT molecular complexity index is 928. The van der Waals surface area contributed by atoms with E-state index in [1.54, 1.807) is 23.1 Å². The Hall–Kier alpha value is -2.95. The molecule has 1 amide bonds. The summed E-state index contributed by atoms with van der Waals surface area (Å²) in [5.74, 6) is 0.371. The number of rotatable bonds is 3. The van der Waals surface area contributed by atoms with Crippen molar-refractivity contribution in [2.75, 3.05) is 13.1 Å². The van der Waals surface area contributed by atoms with E-state index in [0.29, 0.717) is 29.8 Å². The molecule has 3 aromatic rings. The molecule has 1 heterocycles. The maximum atomic E-state index is 13.0. The molecule has 3 rings (SSSR count). The molecule has 0 atom stereocenters. The summed E-state index contributed by atoms with van der Waals surface area (Å²) in [7, 11) is 0. The average Bonchev–Trinajstić information content (AvgIpc) is 2.63. The Labute approximate surface area is 140 Å². The van der Waals surface area contributed by atoms with Crippen molar-refractivity contribution in [2.45, 2.75) is 13.8 Å². The lowest BCUT2D eigenvalue weighted by Gasteiger charge is -2.21. The SMILES string of the molecule is CCN(CC)C(=O)n1c(-c2ccccc2)nc2ccccc2c1=O. The van der Waals surface area contributed by atoms with E-state index in [1.807, 2.05) is 50.2 Å². The Morgan fingerprint density at radius 3 is 2.29 bits per heavy atom. The summed E-state index contributed by atoms with van der Waals surface area (Å²) < 4.78 is 1.19. The number of carbonyl (C=O) groups excluding carboxylic acids is 1. The molecule has 0 aliphatic rings. The molecule has 5 nitrogen and oxygen atoms in total. The first-order chi connectivity index (χ1) is 11.7. The van der Waals surface area contributed by atoms with Crippen molar-refractivity contribution in [3.8, 4) is 11.4 Å². The van der Waals surface area contributed by atoms with Crippen LogP contribution in [0.5, 0.6) is 0 Å². The maximum Gasteiger partial charge on any atom is 0.332 e. The molecule has 0 aliphatic carbocycles. The highest BCUT2D eigenvalue weighted by molar-refractivity contribution is 5.87. The molecule has 24 heavy (non-hydrogen) atoms. The second kappa shape index (κ2) is 6.66. The quantitative estimate of drug-likeness (QED) is 0.743. The van der Waals surface area contributed by atoms with Crippen LogP contribution in [0.4, 0.5) is 4.79 Å². The van der Waals surface area contributed by atoms with Crippen LogP contribution in [0.1, 0.15) is 13.8 Å². The molecule has 0 bridgehead atoms. The number of carbonyl (C=O) groups is 1. The summed E-state index contributed by atoms with van der Waals surface area (Å²) in [5.41, 5.74) is 0.988. The van der Waals surface area contributed by atoms with Gasteiger partial charge in [0, 0.05) is 18.7 Å². The van der Waals surface area contributed by atoms with E-state index < -0.39 is 0 Å². The largest absolute Gasteiger partial charge is 0.332 e. The van der Waals surface area contributed by atoms with Gasteiger partial charge in [-0.25, -0.2) is 14.3 Å². The second-order valence-electron chi connectivity index (χ2n) is 5.41. The summed E-state index contributed by atoms with van der Waals surface area (Å²) in [6, 6.07) is 16.1. The number of aromatic nitrogens is 2. The van der Waals surface area contributed by atoms with E-state index in [0.717, 1.165) is 5.56 Å². The topological polar surface area (TPSA) is 55.2 Å². The van der Waals surface area contributed by atoms with Crippen LogP contribution in [-0.2, 0) is 0 Å². The minimum absolute atomic E-state index is 0.337. The van der Waals surface area contributed by atoms with E-state index in [-0.39, 0.29) is 11.6 Å². The van der Waals surface area contributed by atoms with Crippen molar-refractivity contribution >= 4 is 16.9 Å². The molecule has 0 radical (unpaired) electrons. The van der Waals surface area contributed by atoms with Gasteiger partial charge >= 0.3 is 6.03 Å². The Balaban J connectivity index is 2.34. The lowest BCUT2D eigenvalue weighted by atomic mass is 10.2. The standard InChI is InChI=1S/C19H19N3O2/c1-3-21(4-2)19(24)22-17(14-10-6-5-7-11-14)20-16-13-9-8-12-15(16)18(22)23/h5-13H,3-4H2,1-2H3. The molecule has 5 heteroatoms. The molecular weight excluding hydrogens is 302 g/mol. The summed E-state index contributed by atoms with van der Waals surface area (Å²) in [5, 5.41) is 0.442. The van der Waals surface area contributed by atoms with Crippen molar-refractivity contribution in [1.82, 2.24) is 14.5 Å². The summed E-state index contributed by atoms with van der Waals surface area (Å²) in [6.07, 6.45) is 0. The zero-order chi connectivity index (χ0) is 17.1. The number of para-hydroxylation sites is 1. The van der Waals surface area contributed by atoms with E-state index in [9.17, 15) is 9.59 Å². The number of hydrogen-bond donors (Lipinski definition) is 0. The Morgan fingerprint density at radius 1 is 1.00 bits per heavy atom. The second-order valence-corrected chi connectivity index (χ2v) is 5.41. The maximum absolute atomic E-state index is 13.0. The van der Waals surface area contributed by atoms with Gasteiger partial charge < -0.3 is 4.90 Å². The first-order valence-corrected chi connectivity index (χ1v) is 8.03. The lowest BCUT2D eigenvalue weighted by molar-refractivity contribution is 0.204. The van der Waals surface area contributed by atoms with Gasteiger partial charge in [-0.2, -0.15) is 0 Å². The molecule has 2 aromatic carbocycles. The zero-order valence-corrected chi connectivity index (χ0v) is 13.8. The van der Waals surface area contributed by atoms with Crippen molar-refractivity contribution < 1.29 is 4.79 Å². The van der Waals surface area contributed by atoms with Crippen LogP contribution >= 0.6 is 0 Å². The third kappa shape index (κ3) is 2.69. The zero-order valence-electron chi connectivity index (χ0n) is 13.8. The first-order valence-electron chi connectivity index (χ1n) is 8.03. The van der Waals surface area contributed by atoms with Crippen LogP contribution in [0, 0.1) is 0 Å². The van der Waals surface area contributed by atoms with Crippen molar-refractivity contribution in [1.29, 1.82) is 0 Å². The van der Waals surface area contributed by atoms with Crippen LogP contribution in [0.3, 0.4) is 0 Å². The third-order valence-corrected chi connectivity index (χ3v) is 4.03. The fourth-order valence-corrected chi connectivity index (χ4v) is 2.73. The van der Waals surface area contributed by atoms with Crippen molar-refractivity contribution in [3.63, 3.8) is 0 Å². The molecule has 0 fully saturated rings. The average molecular weight is 321 g/mol. The van der Waals surface area contributed by atoms with Crippen molar-refractivity contribution in [3.05, 3.63) is 65.0 Å². The predicted octanol–water partition coefficient (Wildman–Crippen LogP) is 3.37. The van der Waals surface area contributed by atoms with Gasteiger partial charge in [-0.3, -0.25) is 4.79 Å². The smallest absolute Gasteiger partial charge is 0.324 e. The molecular formula is C19H19N3O2. The van der Waals surface area contributed by atoms with Crippen LogP contribution in [0.15, 0.2) is 59.4 Å². The fourth-order valence-electron chi connectivity index (χ4n) is 2.73. The minimum atomic E-state index is -0.345. The van der Waals surface area contributed by atoms with E-state index in [4.69, 9.17) is 0 Å². The lowest BCUT2D eigenvalue weighted by Crippen LogP contribution is -2.41. The Morgan fingerprint density at radius 2 is 1.62 bits per heavy atom. The molecule has 0 saturated heterocycles.